The molecule has 0 atom stereocenters. The van der Waals surface area contributed by atoms with Gasteiger partial charge >= 0.3 is 5.69 Å². The standard InChI is InChI=1S/C26H40N6O3.ClH/c1-7-30(8-2)15-16-32-22(27-24-23(32)25(33)29(6)26(34)28(24)5)19-20-11-13-21(14-12-20)35-18-17-31(9-3)10-4;/h11-14H,7-10,15-19H2,1-6H3;1H. The second-order valence-corrected chi connectivity index (χ2v) is 8.78. The van der Waals surface area contributed by atoms with E-state index in [1.807, 2.05) is 28.8 Å². The van der Waals surface area contributed by atoms with Gasteiger partial charge < -0.3 is 19.1 Å². The highest BCUT2D eigenvalue weighted by atomic mass is 35.5. The SMILES string of the molecule is CCN(CC)CCOc1ccc(Cc2nc3c(c(=O)n(C)c(=O)n3C)n2CCN(CC)CC)cc1.Cl. The average Bonchev–Trinajstić information content (AvgIpc) is 3.23. The van der Waals surface area contributed by atoms with Crippen molar-refractivity contribution in [2.24, 2.45) is 14.1 Å². The normalized spacial score (nSPS) is 11.4. The van der Waals surface area contributed by atoms with Crippen molar-refractivity contribution < 1.29 is 4.74 Å². The minimum Gasteiger partial charge on any atom is -0.492 e. The van der Waals surface area contributed by atoms with Crippen LogP contribution in [-0.2, 0) is 27.1 Å². The van der Waals surface area contributed by atoms with Gasteiger partial charge in [-0.05, 0) is 43.9 Å². The summed E-state index contributed by atoms with van der Waals surface area (Å²) in [6, 6.07) is 8.04. The van der Waals surface area contributed by atoms with E-state index in [4.69, 9.17) is 9.72 Å². The lowest BCUT2D eigenvalue weighted by Gasteiger charge is -2.19. The minimum atomic E-state index is -0.367. The van der Waals surface area contributed by atoms with Crippen LogP contribution in [0.1, 0.15) is 39.1 Å². The molecule has 0 N–H and O–H groups in total. The molecule has 10 heteroatoms. The van der Waals surface area contributed by atoms with Gasteiger partial charge in [0.25, 0.3) is 5.56 Å². The predicted molar refractivity (Wildman–Crippen MR) is 148 cm³/mol. The predicted octanol–water partition coefficient (Wildman–Crippen LogP) is 2.51. The van der Waals surface area contributed by atoms with Gasteiger partial charge in [-0.2, -0.15) is 0 Å². The molecule has 0 unspecified atom stereocenters. The number of imidazole rings is 1. The van der Waals surface area contributed by atoms with Crippen molar-refractivity contribution in [3.63, 3.8) is 0 Å². The van der Waals surface area contributed by atoms with Crippen LogP contribution in [0.3, 0.4) is 0 Å². The van der Waals surface area contributed by atoms with Crippen LogP contribution in [0.2, 0.25) is 0 Å². The molecular formula is C26H41ClN6O3. The molecule has 200 valence electrons. The summed E-state index contributed by atoms with van der Waals surface area (Å²) in [5, 5.41) is 0. The number of hydrogen-bond donors (Lipinski definition) is 0. The Labute approximate surface area is 219 Å². The van der Waals surface area contributed by atoms with Gasteiger partial charge in [-0.1, -0.05) is 39.8 Å². The fourth-order valence-electron chi connectivity index (χ4n) is 4.37. The summed E-state index contributed by atoms with van der Waals surface area (Å²) in [5.41, 5.74) is 1.31. The highest BCUT2D eigenvalue weighted by molar-refractivity contribution is 5.85. The largest absolute Gasteiger partial charge is 0.492 e. The fraction of sp³-hybridized carbons (Fsp3) is 0.577. The molecule has 2 aromatic heterocycles. The molecule has 0 aliphatic rings. The van der Waals surface area contributed by atoms with Crippen LogP contribution in [0.25, 0.3) is 11.2 Å². The summed E-state index contributed by atoms with van der Waals surface area (Å²) in [7, 11) is 3.18. The Balaban J connectivity index is 0.00000456. The Bertz CT molecular complexity index is 1220. The fourth-order valence-corrected chi connectivity index (χ4v) is 4.37. The van der Waals surface area contributed by atoms with E-state index in [0.29, 0.717) is 30.7 Å². The van der Waals surface area contributed by atoms with Crippen LogP contribution in [0, 0.1) is 0 Å². The number of hydrogen-bond acceptors (Lipinski definition) is 6. The summed E-state index contributed by atoms with van der Waals surface area (Å²) in [6.07, 6.45) is 0.560. The Hall–Kier alpha value is -2.62. The maximum absolute atomic E-state index is 13.1. The summed E-state index contributed by atoms with van der Waals surface area (Å²) < 4.78 is 10.5. The summed E-state index contributed by atoms with van der Waals surface area (Å²) in [6.45, 7) is 15.5. The highest BCUT2D eigenvalue weighted by Gasteiger charge is 2.19. The molecule has 1 aromatic carbocycles. The average molecular weight is 521 g/mol. The van der Waals surface area contributed by atoms with Crippen LogP contribution in [0.15, 0.2) is 33.9 Å². The van der Waals surface area contributed by atoms with Gasteiger partial charge in [0, 0.05) is 40.2 Å². The first-order valence-corrected chi connectivity index (χ1v) is 12.7. The van der Waals surface area contributed by atoms with Gasteiger partial charge in [-0.15, -0.1) is 12.4 Å². The zero-order valence-electron chi connectivity index (χ0n) is 22.5. The number of nitrogens with zero attached hydrogens (tertiary/aromatic N) is 6. The first kappa shape index (κ1) is 29.6. The van der Waals surface area contributed by atoms with Gasteiger partial charge in [-0.25, -0.2) is 9.78 Å². The van der Waals surface area contributed by atoms with E-state index in [1.165, 1.54) is 11.6 Å². The molecule has 36 heavy (non-hydrogen) atoms. The molecule has 9 nitrogen and oxygen atoms in total. The number of fused-ring (bicyclic) bond motifs is 1. The number of ether oxygens (including phenoxy) is 1. The molecule has 0 radical (unpaired) electrons. The lowest BCUT2D eigenvalue weighted by Crippen LogP contribution is -2.38. The summed E-state index contributed by atoms with van der Waals surface area (Å²) >= 11 is 0. The second kappa shape index (κ2) is 13.6. The Morgan fingerprint density at radius 3 is 2.03 bits per heavy atom. The van der Waals surface area contributed by atoms with E-state index in [-0.39, 0.29) is 23.7 Å². The number of likely N-dealkylation sites (N-methyl/N-ethyl adjacent to an activating group) is 2. The third kappa shape index (κ3) is 6.57. The zero-order valence-corrected chi connectivity index (χ0v) is 23.3. The van der Waals surface area contributed by atoms with Crippen LogP contribution >= 0.6 is 12.4 Å². The molecule has 0 bridgehead atoms. The van der Waals surface area contributed by atoms with Crippen molar-refractivity contribution in [1.82, 2.24) is 28.5 Å². The Morgan fingerprint density at radius 2 is 1.44 bits per heavy atom. The Kier molecular flexibility index (Phi) is 11.2. The van der Waals surface area contributed by atoms with E-state index in [1.54, 1.807) is 7.05 Å². The van der Waals surface area contributed by atoms with Gasteiger partial charge in [-0.3, -0.25) is 13.9 Å². The molecule has 2 heterocycles. The van der Waals surface area contributed by atoms with Gasteiger partial charge in [0.2, 0.25) is 0 Å². The van der Waals surface area contributed by atoms with Crippen LogP contribution < -0.4 is 16.0 Å². The quantitative estimate of drug-likeness (QED) is 0.344. The van der Waals surface area contributed by atoms with Crippen molar-refractivity contribution in [1.29, 1.82) is 0 Å². The molecule has 0 aliphatic carbocycles. The number of rotatable bonds is 13. The minimum absolute atomic E-state index is 0. The van der Waals surface area contributed by atoms with Crippen molar-refractivity contribution in [2.45, 2.75) is 40.7 Å². The van der Waals surface area contributed by atoms with E-state index in [0.717, 1.165) is 61.0 Å². The number of benzene rings is 1. The molecule has 0 fully saturated rings. The van der Waals surface area contributed by atoms with Crippen LogP contribution in [0.4, 0.5) is 0 Å². The molecule has 0 saturated heterocycles. The van der Waals surface area contributed by atoms with Crippen molar-refractivity contribution in [2.75, 3.05) is 45.9 Å². The summed E-state index contributed by atoms with van der Waals surface area (Å²) in [4.78, 5) is 35.0. The number of aromatic nitrogens is 4. The first-order valence-electron chi connectivity index (χ1n) is 12.7. The van der Waals surface area contributed by atoms with E-state index >= 15 is 0 Å². The van der Waals surface area contributed by atoms with Crippen molar-refractivity contribution in [3.8, 4) is 5.75 Å². The highest BCUT2D eigenvalue weighted by Crippen LogP contribution is 2.18. The molecule has 3 aromatic rings. The van der Waals surface area contributed by atoms with E-state index < -0.39 is 0 Å². The number of aryl methyl sites for hydroxylation is 1. The topological polar surface area (TPSA) is 77.5 Å². The Morgan fingerprint density at radius 1 is 0.861 bits per heavy atom. The molecule has 0 saturated carbocycles. The maximum atomic E-state index is 13.1. The lowest BCUT2D eigenvalue weighted by atomic mass is 10.1. The lowest BCUT2D eigenvalue weighted by molar-refractivity contribution is 0.223. The monoisotopic (exact) mass is 520 g/mol. The van der Waals surface area contributed by atoms with Crippen LogP contribution in [-0.4, -0.2) is 74.4 Å². The van der Waals surface area contributed by atoms with Crippen LogP contribution in [0.5, 0.6) is 5.75 Å². The summed E-state index contributed by atoms with van der Waals surface area (Å²) in [5.74, 6) is 1.62. The van der Waals surface area contributed by atoms with Gasteiger partial charge in [0.15, 0.2) is 11.2 Å². The second-order valence-electron chi connectivity index (χ2n) is 8.78. The molecular weight excluding hydrogens is 480 g/mol. The zero-order chi connectivity index (χ0) is 25.5. The molecule has 3 rings (SSSR count). The van der Waals surface area contributed by atoms with E-state index in [9.17, 15) is 9.59 Å². The molecule has 0 aliphatic heterocycles. The molecule has 0 spiro atoms. The number of halogens is 1. The van der Waals surface area contributed by atoms with Gasteiger partial charge in [0.05, 0.1) is 0 Å². The smallest absolute Gasteiger partial charge is 0.332 e. The first-order chi connectivity index (χ1) is 16.8. The maximum Gasteiger partial charge on any atom is 0.332 e. The van der Waals surface area contributed by atoms with Crippen molar-refractivity contribution >= 4 is 23.6 Å². The third-order valence-electron chi connectivity index (χ3n) is 6.82. The third-order valence-corrected chi connectivity index (χ3v) is 6.82. The van der Waals surface area contributed by atoms with Crippen molar-refractivity contribution in [3.05, 3.63) is 56.5 Å². The van der Waals surface area contributed by atoms with E-state index in [2.05, 4.69) is 37.5 Å². The van der Waals surface area contributed by atoms with Gasteiger partial charge in [0.1, 0.15) is 18.2 Å². The molecule has 0 amide bonds.